The van der Waals surface area contributed by atoms with Crippen molar-refractivity contribution in [3.8, 4) is 5.69 Å². The first-order valence-electron chi connectivity index (χ1n) is 16.3. The molecule has 0 unspecified atom stereocenters. The molecule has 0 saturated heterocycles. The molecule has 8 aromatic rings. The summed E-state index contributed by atoms with van der Waals surface area (Å²) in [5.74, 6) is -2.88. The second-order valence-electron chi connectivity index (χ2n) is 12.7. The SMILES string of the molecule is Fc1cc(F)cc(N(c2ccccc2)c2cc3c4c(c2)-n2c5ccccc5c5cccc(c52)B4c2ccccc2N3c2c(F)cccc2F)c1. The third kappa shape index (κ3) is 3.99. The van der Waals surface area contributed by atoms with E-state index < -0.39 is 23.3 Å². The molecule has 0 amide bonds. The minimum atomic E-state index is -0.726. The van der Waals surface area contributed by atoms with Crippen molar-refractivity contribution >= 4 is 79.0 Å². The molecular weight excluding hydrogens is 633 g/mol. The lowest BCUT2D eigenvalue weighted by Gasteiger charge is -2.41. The van der Waals surface area contributed by atoms with Crippen LogP contribution < -0.4 is 26.2 Å². The van der Waals surface area contributed by atoms with Crippen molar-refractivity contribution in [2.75, 3.05) is 9.80 Å². The molecule has 2 aliphatic rings. The van der Waals surface area contributed by atoms with E-state index in [2.05, 4.69) is 34.9 Å². The molecule has 0 saturated carbocycles. The van der Waals surface area contributed by atoms with Gasteiger partial charge in [0.1, 0.15) is 29.0 Å². The third-order valence-electron chi connectivity index (χ3n) is 9.96. The Morgan fingerprint density at radius 3 is 1.90 bits per heavy atom. The number of nitrogens with zero attached hydrogens (tertiary/aromatic N) is 3. The maximum atomic E-state index is 16.0. The number of rotatable bonds is 4. The highest BCUT2D eigenvalue weighted by Gasteiger charge is 2.43. The van der Waals surface area contributed by atoms with Crippen molar-refractivity contribution in [1.82, 2.24) is 4.57 Å². The van der Waals surface area contributed by atoms with Gasteiger partial charge in [0.05, 0.1) is 16.9 Å². The van der Waals surface area contributed by atoms with Gasteiger partial charge in [0.15, 0.2) is 0 Å². The van der Waals surface area contributed by atoms with Crippen molar-refractivity contribution < 1.29 is 17.6 Å². The van der Waals surface area contributed by atoms with Gasteiger partial charge >= 0.3 is 0 Å². The predicted octanol–water partition coefficient (Wildman–Crippen LogP) is 9.42. The molecule has 238 valence electrons. The number of fused-ring (bicyclic) bond motifs is 7. The van der Waals surface area contributed by atoms with E-state index in [0.717, 1.165) is 49.9 Å². The fourth-order valence-corrected chi connectivity index (χ4v) is 8.11. The average Bonchev–Trinajstić information content (AvgIpc) is 3.46. The zero-order valence-corrected chi connectivity index (χ0v) is 26.3. The fourth-order valence-electron chi connectivity index (χ4n) is 8.11. The number of anilines is 6. The molecule has 7 aromatic carbocycles. The highest BCUT2D eigenvalue weighted by molar-refractivity contribution is 7.00. The first-order chi connectivity index (χ1) is 24.5. The summed E-state index contributed by atoms with van der Waals surface area (Å²) in [6, 6.07) is 42.7. The molecule has 3 heterocycles. The molecular formula is C42H24BF4N3. The number of halogens is 4. The van der Waals surface area contributed by atoms with Crippen molar-refractivity contribution in [1.29, 1.82) is 0 Å². The largest absolute Gasteiger partial charge is 0.310 e. The van der Waals surface area contributed by atoms with Crippen LogP contribution in [-0.4, -0.2) is 11.3 Å². The molecule has 1 aromatic heterocycles. The molecule has 2 aliphatic heterocycles. The normalized spacial score (nSPS) is 12.7. The standard InChI is InChI=1S/C42H24BF4N3/c44-25-20-26(45)22-28(21-25)48(27-10-2-1-3-11-27)29-23-38-40-39(24-29)50(42-34(46)16-9-17-35(42)47)37-19-7-5-14-32(37)43(40)33-15-8-13-31-30-12-4-6-18-36(30)49(38)41(31)33/h1-24H. The van der Waals surface area contributed by atoms with Crippen LogP contribution in [0.25, 0.3) is 27.5 Å². The molecule has 0 spiro atoms. The first-order valence-corrected chi connectivity index (χ1v) is 16.3. The monoisotopic (exact) mass is 657 g/mol. The number of para-hydroxylation sites is 5. The first kappa shape index (κ1) is 28.7. The lowest BCUT2D eigenvalue weighted by molar-refractivity contribution is 0.583. The molecule has 0 radical (unpaired) electrons. The smallest absolute Gasteiger partial charge is 0.252 e. The van der Waals surface area contributed by atoms with Crippen LogP contribution in [-0.2, 0) is 0 Å². The topological polar surface area (TPSA) is 11.4 Å². The summed E-state index contributed by atoms with van der Waals surface area (Å²) in [7, 11) is 0. The van der Waals surface area contributed by atoms with E-state index in [-0.39, 0.29) is 18.1 Å². The van der Waals surface area contributed by atoms with Gasteiger partial charge in [0, 0.05) is 45.1 Å². The van der Waals surface area contributed by atoms with E-state index in [1.54, 1.807) is 9.80 Å². The van der Waals surface area contributed by atoms with Crippen molar-refractivity contribution in [2.45, 2.75) is 0 Å². The van der Waals surface area contributed by atoms with Gasteiger partial charge in [-0.3, -0.25) is 0 Å². The van der Waals surface area contributed by atoms with Crippen LogP contribution in [0, 0.1) is 23.3 Å². The molecule has 10 rings (SSSR count). The average molecular weight is 657 g/mol. The Morgan fingerprint density at radius 2 is 1.10 bits per heavy atom. The van der Waals surface area contributed by atoms with Crippen molar-refractivity contribution in [3.63, 3.8) is 0 Å². The van der Waals surface area contributed by atoms with Gasteiger partial charge in [0.2, 0.25) is 0 Å². The van der Waals surface area contributed by atoms with Crippen LogP contribution in [0.2, 0.25) is 0 Å². The molecule has 0 atom stereocenters. The van der Waals surface area contributed by atoms with Crippen molar-refractivity contribution in [2.24, 2.45) is 0 Å². The summed E-state index contributed by atoms with van der Waals surface area (Å²) in [5.41, 5.74) is 8.14. The van der Waals surface area contributed by atoms with Crippen LogP contribution >= 0.6 is 0 Å². The van der Waals surface area contributed by atoms with Gasteiger partial charge < -0.3 is 14.4 Å². The van der Waals surface area contributed by atoms with Crippen LogP contribution in [0.4, 0.5) is 51.7 Å². The quantitative estimate of drug-likeness (QED) is 0.138. The van der Waals surface area contributed by atoms with Gasteiger partial charge in [0.25, 0.3) is 6.71 Å². The molecule has 50 heavy (non-hydrogen) atoms. The second kappa shape index (κ2) is 10.6. The number of aromatic nitrogens is 1. The van der Waals surface area contributed by atoms with Gasteiger partial charge in [-0.15, -0.1) is 0 Å². The summed E-state index contributed by atoms with van der Waals surface area (Å²) < 4.78 is 64.1. The van der Waals surface area contributed by atoms with E-state index >= 15 is 8.78 Å². The zero-order valence-electron chi connectivity index (χ0n) is 26.3. The molecule has 8 heteroatoms. The minimum absolute atomic E-state index is 0.206. The van der Waals surface area contributed by atoms with Gasteiger partial charge in [-0.1, -0.05) is 78.9 Å². The maximum Gasteiger partial charge on any atom is 0.252 e. The second-order valence-corrected chi connectivity index (χ2v) is 12.7. The Balaban J connectivity index is 1.39. The Kier molecular flexibility index (Phi) is 6.09. The lowest BCUT2D eigenvalue weighted by Crippen LogP contribution is -2.60. The number of hydrogen-bond acceptors (Lipinski definition) is 2. The number of hydrogen-bond donors (Lipinski definition) is 0. The summed E-state index contributed by atoms with van der Waals surface area (Å²) in [6.45, 7) is -0.270. The van der Waals surface area contributed by atoms with E-state index in [4.69, 9.17) is 0 Å². The maximum absolute atomic E-state index is 16.0. The van der Waals surface area contributed by atoms with Crippen LogP contribution in [0.3, 0.4) is 0 Å². The zero-order chi connectivity index (χ0) is 33.7. The Bertz CT molecular complexity index is 2650. The van der Waals surface area contributed by atoms with Gasteiger partial charge in [-0.2, -0.15) is 0 Å². The van der Waals surface area contributed by atoms with Crippen LogP contribution in [0.5, 0.6) is 0 Å². The summed E-state index contributed by atoms with van der Waals surface area (Å²) in [5, 5.41) is 2.16. The fraction of sp³-hybridized carbons (Fsp3) is 0. The summed E-state index contributed by atoms with van der Waals surface area (Å²) in [4.78, 5) is 3.43. The minimum Gasteiger partial charge on any atom is -0.310 e. The highest BCUT2D eigenvalue weighted by Crippen LogP contribution is 2.46. The summed E-state index contributed by atoms with van der Waals surface area (Å²) >= 11 is 0. The lowest BCUT2D eigenvalue weighted by atomic mass is 9.34. The van der Waals surface area contributed by atoms with E-state index in [0.29, 0.717) is 22.7 Å². The Labute approximate surface area is 284 Å². The van der Waals surface area contributed by atoms with Crippen molar-refractivity contribution in [3.05, 3.63) is 169 Å². The predicted molar refractivity (Wildman–Crippen MR) is 195 cm³/mol. The van der Waals surface area contributed by atoms with Crippen LogP contribution in [0.1, 0.15) is 0 Å². The molecule has 0 aliphatic carbocycles. The van der Waals surface area contributed by atoms with E-state index in [1.807, 2.05) is 78.9 Å². The highest BCUT2D eigenvalue weighted by atomic mass is 19.1. The Hall–Kier alpha value is -6.28. The molecule has 0 fully saturated rings. The molecule has 0 bridgehead atoms. The van der Waals surface area contributed by atoms with Crippen LogP contribution in [0.15, 0.2) is 146 Å². The molecule has 3 nitrogen and oxygen atoms in total. The third-order valence-corrected chi connectivity index (χ3v) is 9.96. The van der Waals surface area contributed by atoms with E-state index in [1.165, 1.54) is 30.3 Å². The summed E-state index contributed by atoms with van der Waals surface area (Å²) in [6.07, 6.45) is 0. The molecule has 0 N–H and O–H groups in total. The number of benzene rings is 7. The van der Waals surface area contributed by atoms with Gasteiger partial charge in [-0.05, 0) is 77.1 Å². The Morgan fingerprint density at radius 1 is 0.480 bits per heavy atom. The van der Waals surface area contributed by atoms with E-state index in [9.17, 15) is 8.78 Å². The van der Waals surface area contributed by atoms with Gasteiger partial charge in [-0.25, -0.2) is 17.6 Å².